The van der Waals surface area contributed by atoms with Gasteiger partial charge in [0.25, 0.3) is 0 Å². The van der Waals surface area contributed by atoms with E-state index in [0.29, 0.717) is 29.5 Å². The highest BCUT2D eigenvalue weighted by Crippen LogP contribution is 2.36. The lowest BCUT2D eigenvalue weighted by Gasteiger charge is -2.29. The molecule has 2 rings (SSSR count). The van der Waals surface area contributed by atoms with Crippen molar-refractivity contribution >= 4 is 29.5 Å². The van der Waals surface area contributed by atoms with Gasteiger partial charge in [0.2, 0.25) is 11.8 Å². The molecule has 0 bridgehead atoms. The Morgan fingerprint density at radius 3 is 2.72 bits per heavy atom. The van der Waals surface area contributed by atoms with Crippen molar-refractivity contribution in [3.05, 3.63) is 28.8 Å². The zero-order chi connectivity index (χ0) is 21.4. The van der Waals surface area contributed by atoms with E-state index in [1.807, 2.05) is 20.8 Å². The van der Waals surface area contributed by atoms with Crippen molar-refractivity contribution in [2.24, 2.45) is 5.92 Å². The summed E-state index contributed by atoms with van der Waals surface area (Å²) in [6.45, 7) is 6.25. The van der Waals surface area contributed by atoms with E-state index >= 15 is 0 Å². The fourth-order valence-electron chi connectivity index (χ4n) is 3.50. The van der Waals surface area contributed by atoms with Crippen LogP contribution in [-0.2, 0) is 9.59 Å². The summed E-state index contributed by atoms with van der Waals surface area (Å²) in [5.74, 6) is 0.848. The Morgan fingerprint density at radius 1 is 1.31 bits per heavy atom. The van der Waals surface area contributed by atoms with Gasteiger partial charge in [-0.2, -0.15) is 0 Å². The first-order chi connectivity index (χ1) is 13.8. The van der Waals surface area contributed by atoms with Crippen molar-refractivity contribution in [3.8, 4) is 11.5 Å². The Kier molecular flexibility index (Phi) is 8.83. The van der Waals surface area contributed by atoms with Crippen molar-refractivity contribution in [3.63, 3.8) is 0 Å². The number of nitrogens with one attached hydrogen (secondary N) is 2. The van der Waals surface area contributed by atoms with Crippen molar-refractivity contribution in [1.29, 1.82) is 0 Å². The molecule has 0 aromatic heterocycles. The van der Waals surface area contributed by atoms with Gasteiger partial charge in [-0.15, -0.1) is 0 Å². The number of amides is 2. The minimum atomic E-state index is -0.191. The second kappa shape index (κ2) is 11.1. The summed E-state index contributed by atoms with van der Waals surface area (Å²) < 4.78 is 10.8. The van der Waals surface area contributed by atoms with Gasteiger partial charge >= 0.3 is 0 Å². The van der Waals surface area contributed by atoms with E-state index in [9.17, 15) is 9.59 Å². The van der Waals surface area contributed by atoms with Gasteiger partial charge in [0.15, 0.2) is 11.5 Å². The highest BCUT2D eigenvalue weighted by molar-refractivity contribution is 6.32. The number of hydrogen-bond acceptors (Lipinski definition) is 4. The Morgan fingerprint density at radius 2 is 2.07 bits per heavy atom. The van der Waals surface area contributed by atoms with E-state index < -0.39 is 0 Å². The molecule has 2 amide bonds. The van der Waals surface area contributed by atoms with Gasteiger partial charge in [0.1, 0.15) is 0 Å². The molecule has 0 heterocycles. The predicted molar refractivity (Wildman–Crippen MR) is 115 cm³/mol. The molecule has 0 saturated heterocycles. The van der Waals surface area contributed by atoms with Crippen LogP contribution in [0.3, 0.4) is 0 Å². The molecule has 0 spiro atoms. The number of carbonyl (C=O) groups is 2. The normalized spacial score (nSPS) is 19.2. The molecule has 1 saturated carbocycles. The van der Waals surface area contributed by atoms with Crippen LogP contribution < -0.4 is 20.1 Å². The van der Waals surface area contributed by atoms with E-state index in [-0.39, 0.29) is 29.8 Å². The minimum Gasteiger partial charge on any atom is -0.493 e. The highest BCUT2D eigenvalue weighted by atomic mass is 35.5. The number of methoxy groups -OCH3 is 1. The van der Waals surface area contributed by atoms with Gasteiger partial charge in [-0.05, 0) is 63.8 Å². The summed E-state index contributed by atoms with van der Waals surface area (Å²) in [7, 11) is 1.54. The fourth-order valence-corrected chi connectivity index (χ4v) is 3.78. The zero-order valence-corrected chi connectivity index (χ0v) is 18.3. The molecule has 1 aliphatic rings. The maximum absolute atomic E-state index is 12.4. The first-order valence-electron chi connectivity index (χ1n) is 10.1. The van der Waals surface area contributed by atoms with Crippen molar-refractivity contribution in [2.75, 3.05) is 13.7 Å². The zero-order valence-electron chi connectivity index (χ0n) is 17.6. The van der Waals surface area contributed by atoms with Gasteiger partial charge in [0.05, 0.1) is 18.7 Å². The van der Waals surface area contributed by atoms with Gasteiger partial charge in [-0.3, -0.25) is 9.59 Å². The molecule has 2 atom stereocenters. The maximum Gasteiger partial charge on any atom is 0.244 e. The number of hydrogen-bond donors (Lipinski definition) is 2. The summed E-state index contributed by atoms with van der Waals surface area (Å²) in [6.07, 6.45) is 6.50. The van der Waals surface area contributed by atoms with Crippen molar-refractivity contribution in [1.82, 2.24) is 10.6 Å². The molecule has 160 valence electrons. The number of carbonyl (C=O) groups excluding carboxylic acids is 2. The van der Waals surface area contributed by atoms with Crippen molar-refractivity contribution < 1.29 is 19.1 Å². The smallest absolute Gasteiger partial charge is 0.244 e. The second-order valence-electron chi connectivity index (χ2n) is 7.53. The van der Waals surface area contributed by atoms with E-state index in [4.69, 9.17) is 21.1 Å². The van der Waals surface area contributed by atoms with Gasteiger partial charge in [-0.1, -0.05) is 18.0 Å². The predicted octanol–water partition coefficient (Wildman–Crippen LogP) is 3.96. The molecular weight excluding hydrogens is 392 g/mol. The summed E-state index contributed by atoms with van der Waals surface area (Å²) in [4.78, 5) is 24.6. The molecule has 1 aromatic rings. The maximum atomic E-state index is 12.4. The number of rotatable bonds is 8. The highest BCUT2D eigenvalue weighted by Gasteiger charge is 2.28. The topological polar surface area (TPSA) is 76.7 Å². The van der Waals surface area contributed by atoms with Crippen LogP contribution in [0.5, 0.6) is 11.5 Å². The number of benzene rings is 1. The lowest BCUT2D eigenvalue weighted by molar-refractivity contribution is -0.127. The molecule has 6 nitrogen and oxygen atoms in total. The molecular formula is C22H31ClN2O4. The van der Waals surface area contributed by atoms with Crippen LogP contribution in [0.1, 0.15) is 52.0 Å². The summed E-state index contributed by atoms with van der Waals surface area (Å²) >= 11 is 6.27. The Hall–Kier alpha value is -2.21. The van der Waals surface area contributed by atoms with Crippen LogP contribution in [0, 0.1) is 5.92 Å². The number of halogens is 1. The quantitative estimate of drug-likeness (QED) is 0.621. The fraction of sp³-hybridized carbons (Fsp3) is 0.545. The third-order valence-corrected chi connectivity index (χ3v) is 5.07. The second-order valence-corrected chi connectivity index (χ2v) is 7.94. The Balaban J connectivity index is 1.97. The van der Waals surface area contributed by atoms with E-state index in [1.54, 1.807) is 25.3 Å². The SMILES string of the molecule is CCOc1c(Cl)cc(/C=C/C(=O)NC2CCCC(C(=O)NC(C)C)C2)cc1OC. The van der Waals surface area contributed by atoms with E-state index in [1.165, 1.54) is 6.08 Å². The summed E-state index contributed by atoms with van der Waals surface area (Å²) in [5, 5.41) is 6.40. The Labute approximate surface area is 178 Å². The van der Waals surface area contributed by atoms with Crippen LogP contribution in [0.15, 0.2) is 18.2 Å². The van der Waals surface area contributed by atoms with Crippen LogP contribution in [0.4, 0.5) is 0 Å². The molecule has 2 unspecified atom stereocenters. The molecule has 1 fully saturated rings. The molecule has 29 heavy (non-hydrogen) atoms. The summed E-state index contributed by atoms with van der Waals surface area (Å²) in [5.41, 5.74) is 0.739. The first-order valence-corrected chi connectivity index (χ1v) is 10.5. The van der Waals surface area contributed by atoms with Gasteiger partial charge in [-0.25, -0.2) is 0 Å². The van der Waals surface area contributed by atoms with Gasteiger partial charge < -0.3 is 20.1 Å². The van der Waals surface area contributed by atoms with Crippen LogP contribution in [0.25, 0.3) is 6.08 Å². The molecule has 1 aliphatic carbocycles. The van der Waals surface area contributed by atoms with E-state index in [2.05, 4.69) is 10.6 Å². The molecule has 0 aliphatic heterocycles. The van der Waals surface area contributed by atoms with Crippen LogP contribution >= 0.6 is 11.6 Å². The molecule has 0 radical (unpaired) electrons. The lowest BCUT2D eigenvalue weighted by atomic mass is 9.85. The lowest BCUT2D eigenvalue weighted by Crippen LogP contribution is -2.43. The molecule has 2 N–H and O–H groups in total. The van der Waals surface area contributed by atoms with Crippen molar-refractivity contribution in [2.45, 2.75) is 58.5 Å². The van der Waals surface area contributed by atoms with Gasteiger partial charge in [0, 0.05) is 24.1 Å². The largest absolute Gasteiger partial charge is 0.493 e. The standard InChI is InChI=1S/C22H31ClN2O4/c1-5-29-21-18(23)11-15(12-19(21)28-4)9-10-20(26)25-17-8-6-7-16(13-17)22(27)24-14(2)3/h9-12,14,16-17H,5-8,13H2,1-4H3,(H,24,27)(H,25,26)/b10-9+. The average Bonchev–Trinajstić information content (AvgIpc) is 2.67. The minimum absolute atomic E-state index is 0.00210. The van der Waals surface area contributed by atoms with Crippen LogP contribution in [0.2, 0.25) is 5.02 Å². The average molecular weight is 423 g/mol. The first kappa shape index (κ1) is 23.1. The summed E-state index contributed by atoms with van der Waals surface area (Å²) in [6, 6.07) is 3.62. The number of ether oxygens (including phenoxy) is 2. The molecule has 7 heteroatoms. The Bertz CT molecular complexity index is 749. The third-order valence-electron chi connectivity index (χ3n) is 4.79. The monoisotopic (exact) mass is 422 g/mol. The molecule has 1 aromatic carbocycles. The third kappa shape index (κ3) is 6.96. The van der Waals surface area contributed by atoms with E-state index in [0.717, 1.165) is 24.8 Å². The van der Waals surface area contributed by atoms with Crippen LogP contribution in [-0.4, -0.2) is 37.6 Å².